The maximum absolute atomic E-state index is 13.3. The number of benzene rings is 2. The number of anilines is 2. The highest BCUT2D eigenvalue weighted by molar-refractivity contribution is 5.96. The molecule has 170 valence electrons. The zero-order valence-electron chi connectivity index (χ0n) is 18.3. The Morgan fingerprint density at radius 3 is 2.55 bits per heavy atom. The zero-order valence-corrected chi connectivity index (χ0v) is 18.3. The van der Waals surface area contributed by atoms with Crippen LogP contribution in [0.1, 0.15) is 30.9 Å². The highest BCUT2D eigenvalue weighted by atomic mass is 16.5. The zero-order chi connectivity index (χ0) is 23.8. The van der Waals surface area contributed by atoms with E-state index >= 15 is 0 Å². The summed E-state index contributed by atoms with van der Waals surface area (Å²) in [5, 5.41) is 9.25. The molecular formula is C24H25N5O4. The fourth-order valence-electron chi connectivity index (χ4n) is 3.34. The molecule has 0 unspecified atom stereocenters. The summed E-state index contributed by atoms with van der Waals surface area (Å²) < 4.78 is 6.85. The van der Waals surface area contributed by atoms with Gasteiger partial charge in [0.15, 0.2) is 12.3 Å². The number of unbranched alkanes of at least 4 members (excludes halogenated alkanes) is 1. The van der Waals surface area contributed by atoms with Crippen LogP contribution in [0.5, 0.6) is 5.75 Å². The summed E-state index contributed by atoms with van der Waals surface area (Å²) >= 11 is 0. The topological polar surface area (TPSA) is 134 Å². The van der Waals surface area contributed by atoms with E-state index < -0.39 is 23.8 Å². The highest BCUT2D eigenvalue weighted by Gasteiger charge is 2.25. The molecule has 0 bridgehead atoms. The van der Waals surface area contributed by atoms with Crippen LogP contribution in [0.3, 0.4) is 0 Å². The van der Waals surface area contributed by atoms with E-state index in [1.165, 1.54) is 9.47 Å². The van der Waals surface area contributed by atoms with Gasteiger partial charge in [0.2, 0.25) is 0 Å². The number of H-pyrrole nitrogens is 1. The summed E-state index contributed by atoms with van der Waals surface area (Å²) in [5.74, 6) is -0.383. The molecule has 3 aromatic rings. The van der Waals surface area contributed by atoms with Gasteiger partial charge in [-0.15, -0.1) is 0 Å². The third kappa shape index (κ3) is 5.49. The first-order valence-corrected chi connectivity index (χ1v) is 10.5. The fourth-order valence-corrected chi connectivity index (χ4v) is 3.34. The number of rotatable bonds is 9. The molecule has 9 nitrogen and oxygen atoms in total. The molecule has 0 aliphatic heterocycles. The summed E-state index contributed by atoms with van der Waals surface area (Å²) in [6, 6.07) is 17.6. The number of nitrogens with zero attached hydrogens (tertiary/aromatic N) is 3. The minimum absolute atomic E-state index is 0.0438. The lowest BCUT2D eigenvalue weighted by atomic mass is 10.2. The van der Waals surface area contributed by atoms with Gasteiger partial charge in [0, 0.05) is 6.54 Å². The van der Waals surface area contributed by atoms with Crippen LogP contribution in [0.4, 0.5) is 11.5 Å². The molecule has 0 aliphatic rings. The molecule has 9 heteroatoms. The number of nitrogen functional groups attached to an aromatic ring is 1. The van der Waals surface area contributed by atoms with Crippen molar-refractivity contribution in [3.8, 4) is 11.8 Å². The first-order valence-electron chi connectivity index (χ1n) is 10.5. The van der Waals surface area contributed by atoms with Gasteiger partial charge in [-0.05, 0) is 24.1 Å². The van der Waals surface area contributed by atoms with E-state index in [1.54, 1.807) is 24.3 Å². The summed E-state index contributed by atoms with van der Waals surface area (Å²) in [6.45, 7) is 1.89. The number of aromatic amines is 1. The molecule has 1 amide bonds. The average Bonchev–Trinajstić information content (AvgIpc) is 2.82. The molecule has 0 aliphatic carbocycles. The normalized spacial score (nSPS) is 10.4. The van der Waals surface area contributed by atoms with Crippen molar-refractivity contribution in [2.24, 2.45) is 0 Å². The second-order valence-electron chi connectivity index (χ2n) is 7.36. The Balaban J connectivity index is 2.00. The van der Waals surface area contributed by atoms with Crippen molar-refractivity contribution in [2.75, 3.05) is 17.2 Å². The van der Waals surface area contributed by atoms with E-state index in [0.717, 1.165) is 12.0 Å². The Morgan fingerprint density at radius 2 is 1.85 bits per heavy atom. The van der Waals surface area contributed by atoms with Crippen LogP contribution in [0.2, 0.25) is 0 Å². The first-order chi connectivity index (χ1) is 16.0. The molecule has 0 spiro atoms. The summed E-state index contributed by atoms with van der Waals surface area (Å²) in [5.41, 5.74) is 5.78. The van der Waals surface area contributed by atoms with Crippen molar-refractivity contribution in [3.05, 3.63) is 86.6 Å². The molecule has 3 N–H and O–H groups in total. The lowest BCUT2D eigenvalue weighted by Gasteiger charge is -2.25. The number of para-hydroxylation sites is 1. The summed E-state index contributed by atoms with van der Waals surface area (Å²) in [6.07, 6.45) is 1.50. The van der Waals surface area contributed by atoms with Crippen molar-refractivity contribution in [2.45, 2.75) is 32.9 Å². The maximum atomic E-state index is 13.3. The minimum Gasteiger partial charge on any atom is -0.482 e. The first kappa shape index (κ1) is 23.3. The highest BCUT2D eigenvalue weighted by Crippen LogP contribution is 2.21. The Hall–Kier alpha value is -4.32. The number of nitrogens with two attached hydrogens (primary N) is 1. The lowest BCUT2D eigenvalue weighted by Crippen LogP contribution is -2.42. The van der Waals surface area contributed by atoms with Crippen LogP contribution in [-0.4, -0.2) is 22.1 Å². The van der Waals surface area contributed by atoms with Gasteiger partial charge in [-0.3, -0.25) is 24.0 Å². The van der Waals surface area contributed by atoms with Gasteiger partial charge >= 0.3 is 5.69 Å². The molecule has 0 atom stereocenters. The molecule has 0 saturated heterocycles. The monoisotopic (exact) mass is 447 g/mol. The number of amides is 1. The molecule has 1 aromatic heterocycles. The molecular weight excluding hydrogens is 422 g/mol. The van der Waals surface area contributed by atoms with E-state index in [4.69, 9.17) is 10.5 Å². The molecule has 33 heavy (non-hydrogen) atoms. The Bertz CT molecular complexity index is 1270. The van der Waals surface area contributed by atoms with Crippen LogP contribution in [0.15, 0.2) is 64.2 Å². The van der Waals surface area contributed by atoms with E-state index in [0.29, 0.717) is 13.0 Å². The number of nitriles is 1. The van der Waals surface area contributed by atoms with Crippen molar-refractivity contribution < 1.29 is 9.53 Å². The third-order valence-corrected chi connectivity index (χ3v) is 5.06. The van der Waals surface area contributed by atoms with Crippen LogP contribution in [0, 0.1) is 11.3 Å². The summed E-state index contributed by atoms with van der Waals surface area (Å²) in [7, 11) is 0. The van der Waals surface area contributed by atoms with Crippen LogP contribution in [-0.2, 0) is 17.9 Å². The van der Waals surface area contributed by atoms with E-state index in [2.05, 4.69) is 4.98 Å². The number of aromatic nitrogens is 2. The largest absolute Gasteiger partial charge is 0.482 e. The number of carbonyl (C=O) groups is 1. The molecule has 0 fully saturated rings. The maximum Gasteiger partial charge on any atom is 0.330 e. The number of ether oxygens (including phenoxy) is 1. The van der Waals surface area contributed by atoms with Crippen LogP contribution in [0.25, 0.3) is 0 Å². The molecule has 3 rings (SSSR count). The van der Waals surface area contributed by atoms with E-state index in [9.17, 15) is 19.6 Å². The predicted octanol–water partition coefficient (Wildman–Crippen LogP) is 2.40. The Labute approximate surface area is 190 Å². The SMILES string of the molecule is CCCCn1c(N)c(N(Cc2ccccc2)C(=O)COc2ccccc2C#N)c(=O)[nH]c1=O. The van der Waals surface area contributed by atoms with E-state index in [-0.39, 0.29) is 29.4 Å². The number of carbonyl (C=O) groups excluding carboxylic acids is 1. The van der Waals surface area contributed by atoms with Gasteiger partial charge in [0.25, 0.3) is 11.5 Å². The number of hydrogen-bond donors (Lipinski definition) is 2. The van der Waals surface area contributed by atoms with Gasteiger partial charge in [0.1, 0.15) is 17.6 Å². The molecule has 0 radical (unpaired) electrons. The van der Waals surface area contributed by atoms with Gasteiger partial charge < -0.3 is 10.5 Å². The second kappa shape index (κ2) is 10.8. The number of nitrogens with one attached hydrogen (secondary N) is 1. The molecule has 0 saturated carbocycles. The van der Waals surface area contributed by atoms with Gasteiger partial charge in [-0.1, -0.05) is 55.8 Å². The van der Waals surface area contributed by atoms with Gasteiger partial charge in [-0.2, -0.15) is 5.26 Å². The minimum atomic E-state index is -0.757. The summed E-state index contributed by atoms with van der Waals surface area (Å²) in [4.78, 5) is 41.8. The van der Waals surface area contributed by atoms with Crippen molar-refractivity contribution in [1.82, 2.24) is 9.55 Å². The quantitative estimate of drug-likeness (QED) is 0.517. The predicted molar refractivity (Wildman–Crippen MR) is 125 cm³/mol. The van der Waals surface area contributed by atoms with Gasteiger partial charge in [-0.25, -0.2) is 4.79 Å². The lowest BCUT2D eigenvalue weighted by molar-refractivity contribution is -0.120. The third-order valence-electron chi connectivity index (χ3n) is 5.06. The van der Waals surface area contributed by atoms with Crippen molar-refractivity contribution >= 4 is 17.4 Å². The average molecular weight is 447 g/mol. The smallest absolute Gasteiger partial charge is 0.330 e. The molecule has 2 aromatic carbocycles. The van der Waals surface area contributed by atoms with Crippen molar-refractivity contribution in [1.29, 1.82) is 5.26 Å². The Kier molecular flexibility index (Phi) is 7.65. The molecule has 1 heterocycles. The number of hydrogen-bond acceptors (Lipinski definition) is 6. The van der Waals surface area contributed by atoms with Gasteiger partial charge in [0.05, 0.1) is 12.1 Å². The fraction of sp³-hybridized carbons (Fsp3) is 0.250. The van der Waals surface area contributed by atoms with Crippen LogP contribution < -0.4 is 26.6 Å². The van der Waals surface area contributed by atoms with E-state index in [1.807, 2.05) is 43.3 Å². The second-order valence-corrected chi connectivity index (χ2v) is 7.36. The van der Waals surface area contributed by atoms with Crippen LogP contribution >= 0.6 is 0 Å². The Morgan fingerprint density at radius 1 is 1.15 bits per heavy atom. The van der Waals surface area contributed by atoms with Crippen molar-refractivity contribution in [3.63, 3.8) is 0 Å². The standard InChI is InChI=1S/C24H25N5O4/c1-2-3-13-28-22(26)21(23(31)27-24(28)32)29(15-17-9-5-4-6-10-17)20(30)16-33-19-12-8-7-11-18(19)14-25/h4-12H,2-3,13,15-16,26H2,1H3,(H,27,31,32).